The maximum atomic E-state index is 13.6. The van der Waals surface area contributed by atoms with Crippen LogP contribution in [0.3, 0.4) is 0 Å². The topological polar surface area (TPSA) is 73.8 Å². The number of rotatable bonds is 8. The largest absolute Gasteiger partial charge is 0.308 e. The van der Waals surface area contributed by atoms with E-state index in [1.54, 1.807) is 45.2 Å². The highest BCUT2D eigenvalue weighted by atomic mass is 32.2. The van der Waals surface area contributed by atoms with E-state index in [2.05, 4.69) is 13.0 Å². The molecule has 0 atom stereocenters. The first kappa shape index (κ1) is 26.1. The molecule has 0 spiro atoms. The first-order valence-electron chi connectivity index (χ1n) is 11.7. The number of aromatic nitrogens is 1. The Morgan fingerprint density at radius 3 is 2.43 bits per heavy atom. The van der Waals surface area contributed by atoms with Crippen molar-refractivity contribution in [2.75, 3.05) is 51.4 Å². The fourth-order valence-electron chi connectivity index (χ4n) is 4.02. The van der Waals surface area contributed by atoms with Crippen LogP contribution in [0.1, 0.15) is 30.1 Å². The fraction of sp³-hybridized carbons (Fsp3) is 0.440. The van der Waals surface area contributed by atoms with Crippen LogP contribution in [0, 0.1) is 5.92 Å². The smallest absolute Gasteiger partial charge is 0.260 e. The SMILES string of the molecule is CSc1ccc2nc(N(CCN(C)C)C(=O)c3ccc(S(=O)(=O)N4CCC(C)CC4)cc3)sc2c1. The molecular formula is C25H32N4O3S3. The highest BCUT2D eigenvalue weighted by Crippen LogP contribution is 2.32. The number of piperidine rings is 1. The number of benzene rings is 2. The second-order valence-corrected chi connectivity index (χ2v) is 13.0. The Bertz CT molecular complexity index is 1280. The number of fused-ring (bicyclic) bond motifs is 1. The molecule has 1 aromatic heterocycles. The molecule has 2 heterocycles. The van der Waals surface area contributed by atoms with Gasteiger partial charge in [-0.15, -0.1) is 11.8 Å². The van der Waals surface area contributed by atoms with Gasteiger partial charge in [-0.1, -0.05) is 18.3 Å². The third-order valence-corrected chi connectivity index (χ3v) is 9.99. The molecule has 10 heteroatoms. The second-order valence-electron chi connectivity index (χ2n) is 9.20. The van der Waals surface area contributed by atoms with Gasteiger partial charge in [0.15, 0.2) is 5.13 Å². The van der Waals surface area contributed by atoms with Gasteiger partial charge in [-0.3, -0.25) is 9.69 Å². The number of hydrogen-bond acceptors (Lipinski definition) is 7. The van der Waals surface area contributed by atoms with Crippen LogP contribution in [0.5, 0.6) is 0 Å². The first-order valence-corrected chi connectivity index (χ1v) is 15.2. The van der Waals surface area contributed by atoms with Crippen molar-refractivity contribution in [1.29, 1.82) is 0 Å². The van der Waals surface area contributed by atoms with Gasteiger partial charge in [-0.2, -0.15) is 4.31 Å². The second kappa shape index (κ2) is 11.0. The molecule has 0 aliphatic carbocycles. The van der Waals surface area contributed by atoms with Gasteiger partial charge < -0.3 is 4.90 Å². The Morgan fingerprint density at radius 1 is 1.11 bits per heavy atom. The summed E-state index contributed by atoms with van der Waals surface area (Å²) in [4.78, 5) is 23.4. The molecule has 0 saturated carbocycles. The Labute approximate surface area is 216 Å². The first-order chi connectivity index (χ1) is 16.7. The maximum absolute atomic E-state index is 13.6. The summed E-state index contributed by atoms with van der Waals surface area (Å²) >= 11 is 3.17. The number of amides is 1. The lowest BCUT2D eigenvalue weighted by molar-refractivity contribution is 0.0985. The van der Waals surface area contributed by atoms with Crippen molar-refractivity contribution in [3.63, 3.8) is 0 Å². The zero-order chi connectivity index (χ0) is 25.2. The van der Waals surface area contributed by atoms with Gasteiger partial charge in [0, 0.05) is 36.6 Å². The summed E-state index contributed by atoms with van der Waals surface area (Å²) in [6, 6.07) is 12.4. The van der Waals surface area contributed by atoms with Crippen molar-refractivity contribution < 1.29 is 13.2 Å². The summed E-state index contributed by atoms with van der Waals surface area (Å²) in [6.07, 6.45) is 3.78. The van der Waals surface area contributed by atoms with Crippen molar-refractivity contribution in [3.8, 4) is 0 Å². The minimum absolute atomic E-state index is 0.188. The molecule has 0 N–H and O–H groups in total. The molecule has 1 saturated heterocycles. The molecule has 0 bridgehead atoms. The predicted molar refractivity (Wildman–Crippen MR) is 145 cm³/mol. The predicted octanol–water partition coefficient (Wildman–Crippen LogP) is 4.65. The maximum Gasteiger partial charge on any atom is 0.260 e. The zero-order valence-corrected chi connectivity index (χ0v) is 23.0. The van der Waals surface area contributed by atoms with Crippen molar-refractivity contribution in [2.45, 2.75) is 29.6 Å². The van der Waals surface area contributed by atoms with Crippen LogP contribution in [-0.4, -0.2) is 75.0 Å². The summed E-state index contributed by atoms with van der Waals surface area (Å²) in [5.74, 6) is 0.358. The van der Waals surface area contributed by atoms with Crippen LogP contribution in [0.25, 0.3) is 10.2 Å². The molecule has 0 unspecified atom stereocenters. The molecule has 1 amide bonds. The lowest BCUT2D eigenvalue weighted by atomic mass is 10.0. The number of hydrogen-bond donors (Lipinski definition) is 0. The van der Waals surface area contributed by atoms with E-state index in [9.17, 15) is 13.2 Å². The van der Waals surface area contributed by atoms with E-state index in [1.807, 2.05) is 37.4 Å². The molecule has 3 aromatic rings. The van der Waals surface area contributed by atoms with Gasteiger partial charge >= 0.3 is 0 Å². The normalized spacial score (nSPS) is 15.7. The van der Waals surface area contributed by atoms with Crippen molar-refractivity contribution in [2.24, 2.45) is 5.92 Å². The van der Waals surface area contributed by atoms with E-state index < -0.39 is 10.0 Å². The standard InChI is InChI=1S/C25H32N4O3S3/c1-18-11-13-28(14-12-18)35(31,32)21-8-5-19(6-9-21)24(30)29(16-15-27(2)3)25-26-22-10-7-20(33-4)17-23(22)34-25/h5-10,17-18H,11-16H2,1-4H3. The molecule has 35 heavy (non-hydrogen) atoms. The summed E-state index contributed by atoms with van der Waals surface area (Å²) in [7, 11) is 0.374. The highest BCUT2D eigenvalue weighted by Gasteiger charge is 2.29. The van der Waals surface area contributed by atoms with E-state index in [4.69, 9.17) is 4.98 Å². The molecule has 0 radical (unpaired) electrons. The summed E-state index contributed by atoms with van der Waals surface area (Å²) in [5, 5.41) is 0.643. The van der Waals surface area contributed by atoms with Crippen LogP contribution in [0.4, 0.5) is 5.13 Å². The van der Waals surface area contributed by atoms with Gasteiger partial charge in [-0.05, 0) is 81.6 Å². The number of carbonyl (C=O) groups is 1. The zero-order valence-electron chi connectivity index (χ0n) is 20.6. The number of nitrogens with zero attached hydrogens (tertiary/aromatic N) is 4. The van der Waals surface area contributed by atoms with Crippen LogP contribution in [0.2, 0.25) is 0 Å². The van der Waals surface area contributed by atoms with Gasteiger partial charge in [0.25, 0.3) is 5.91 Å². The molecule has 188 valence electrons. The number of carbonyl (C=O) groups excluding carboxylic acids is 1. The number of likely N-dealkylation sites (N-methyl/N-ethyl adjacent to an activating group) is 1. The van der Waals surface area contributed by atoms with Gasteiger partial charge in [0.2, 0.25) is 10.0 Å². The third-order valence-electron chi connectivity index (χ3n) is 6.31. The Balaban J connectivity index is 1.60. The van der Waals surface area contributed by atoms with Crippen LogP contribution in [-0.2, 0) is 10.0 Å². The minimum Gasteiger partial charge on any atom is -0.308 e. The van der Waals surface area contributed by atoms with E-state index >= 15 is 0 Å². The quantitative estimate of drug-likeness (QED) is 0.393. The molecular weight excluding hydrogens is 501 g/mol. The molecule has 2 aromatic carbocycles. The highest BCUT2D eigenvalue weighted by molar-refractivity contribution is 7.98. The fourth-order valence-corrected chi connectivity index (χ4v) is 7.03. The van der Waals surface area contributed by atoms with Crippen LogP contribution in [0.15, 0.2) is 52.3 Å². The van der Waals surface area contributed by atoms with Crippen LogP contribution >= 0.6 is 23.1 Å². The van der Waals surface area contributed by atoms with Crippen molar-refractivity contribution >= 4 is 54.4 Å². The Morgan fingerprint density at radius 2 is 1.80 bits per heavy atom. The van der Waals surface area contributed by atoms with Crippen molar-refractivity contribution in [1.82, 2.24) is 14.2 Å². The molecule has 1 aliphatic heterocycles. The number of anilines is 1. The lowest BCUT2D eigenvalue weighted by Gasteiger charge is -2.29. The molecule has 1 fully saturated rings. The van der Waals surface area contributed by atoms with Crippen LogP contribution < -0.4 is 4.90 Å². The van der Waals surface area contributed by atoms with E-state index in [-0.39, 0.29) is 10.8 Å². The van der Waals surface area contributed by atoms with Gasteiger partial charge in [0.05, 0.1) is 15.1 Å². The van der Waals surface area contributed by atoms with E-state index in [1.165, 1.54) is 11.3 Å². The lowest BCUT2D eigenvalue weighted by Crippen LogP contribution is -2.38. The molecule has 7 nitrogen and oxygen atoms in total. The summed E-state index contributed by atoms with van der Waals surface area (Å²) in [5.41, 5.74) is 1.31. The average Bonchev–Trinajstić information content (AvgIpc) is 3.27. The number of thiazole rings is 1. The summed E-state index contributed by atoms with van der Waals surface area (Å²) < 4.78 is 28.7. The molecule has 4 rings (SSSR count). The monoisotopic (exact) mass is 532 g/mol. The van der Waals surface area contributed by atoms with E-state index in [0.29, 0.717) is 42.8 Å². The molecule has 1 aliphatic rings. The summed E-state index contributed by atoms with van der Waals surface area (Å²) in [6.45, 7) is 4.39. The minimum atomic E-state index is -3.56. The Hall–Kier alpha value is -1.98. The van der Waals surface area contributed by atoms with Crippen molar-refractivity contribution in [3.05, 3.63) is 48.0 Å². The number of sulfonamides is 1. The van der Waals surface area contributed by atoms with Gasteiger partial charge in [0.1, 0.15) is 0 Å². The number of thioether (sulfide) groups is 1. The van der Waals surface area contributed by atoms with E-state index in [0.717, 1.165) is 28.0 Å². The third kappa shape index (κ3) is 5.89. The Kier molecular flexibility index (Phi) is 8.17. The average molecular weight is 533 g/mol. The van der Waals surface area contributed by atoms with Gasteiger partial charge in [-0.25, -0.2) is 13.4 Å².